The molecule has 0 radical (unpaired) electrons. The first kappa shape index (κ1) is 10.2. The fraction of sp³-hybridized carbons (Fsp3) is 0.273. The average molecular weight is 223 g/mol. The van der Waals surface area contributed by atoms with Crippen molar-refractivity contribution in [3.63, 3.8) is 0 Å². The van der Waals surface area contributed by atoms with Gasteiger partial charge in [-0.05, 0) is 29.2 Å². The summed E-state index contributed by atoms with van der Waals surface area (Å²) >= 11 is 5.85. The fourth-order valence-corrected chi connectivity index (χ4v) is 1.78. The number of rotatable bonds is 1. The van der Waals surface area contributed by atoms with Crippen LogP contribution in [0.15, 0.2) is 24.3 Å². The second kappa shape index (κ2) is 3.66. The average Bonchev–Trinajstić information content (AvgIpc) is 2.44. The Morgan fingerprint density at radius 2 is 1.80 bits per heavy atom. The molecule has 0 unspecified atom stereocenters. The first-order chi connectivity index (χ1) is 7.09. The van der Waals surface area contributed by atoms with Crippen molar-refractivity contribution >= 4 is 11.6 Å². The smallest absolute Gasteiger partial charge is 0.152 e. The van der Waals surface area contributed by atoms with Crippen LogP contribution in [0, 0.1) is 13.8 Å². The van der Waals surface area contributed by atoms with Gasteiger partial charge in [0, 0.05) is 18.9 Å². The van der Waals surface area contributed by atoms with E-state index in [2.05, 4.69) is 4.98 Å². The lowest BCUT2D eigenvalue weighted by Crippen LogP contribution is -2.40. The van der Waals surface area contributed by atoms with E-state index < -0.39 is 0 Å². The monoisotopic (exact) mass is 222 g/mol. The Morgan fingerprint density at radius 1 is 1.20 bits per heavy atom. The van der Waals surface area contributed by atoms with Crippen molar-refractivity contribution in [1.29, 1.82) is 0 Å². The maximum atomic E-state index is 5.85. The lowest BCUT2D eigenvalue weighted by Gasteiger charge is -2.02. The standard InChI is InChI=1S/C11H13ClN3/c1-8-13-9(2)15(14(8)3)11-6-4-10(12)5-7-11/h4-7H,1-3H3/q+1. The van der Waals surface area contributed by atoms with Crippen molar-refractivity contribution in [3.05, 3.63) is 40.9 Å². The lowest BCUT2D eigenvalue weighted by molar-refractivity contribution is -0.751. The Morgan fingerprint density at radius 3 is 2.27 bits per heavy atom. The van der Waals surface area contributed by atoms with Gasteiger partial charge in [0.25, 0.3) is 5.82 Å². The van der Waals surface area contributed by atoms with E-state index in [1.165, 1.54) is 0 Å². The third kappa shape index (κ3) is 1.75. The van der Waals surface area contributed by atoms with Gasteiger partial charge in [-0.15, -0.1) is 4.68 Å². The van der Waals surface area contributed by atoms with E-state index in [4.69, 9.17) is 11.6 Å². The van der Waals surface area contributed by atoms with Crippen LogP contribution in [0.1, 0.15) is 11.6 Å². The molecule has 15 heavy (non-hydrogen) atoms. The summed E-state index contributed by atoms with van der Waals surface area (Å²) in [6.07, 6.45) is 0. The van der Waals surface area contributed by atoms with Crippen molar-refractivity contribution in [2.45, 2.75) is 13.8 Å². The summed E-state index contributed by atoms with van der Waals surface area (Å²) in [4.78, 5) is 4.40. The highest BCUT2D eigenvalue weighted by Gasteiger charge is 2.16. The number of benzene rings is 1. The van der Waals surface area contributed by atoms with E-state index in [9.17, 15) is 0 Å². The van der Waals surface area contributed by atoms with E-state index in [1.54, 1.807) is 0 Å². The van der Waals surface area contributed by atoms with Crippen LogP contribution in [-0.4, -0.2) is 9.67 Å². The molecule has 0 spiro atoms. The van der Waals surface area contributed by atoms with Gasteiger partial charge in [0.05, 0.1) is 5.69 Å². The lowest BCUT2D eigenvalue weighted by atomic mass is 10.3. The van der Waals surface area contributed by atoms with E-state index in [0.717, 1.165) is 22.4 Å². The minimum atomic E-state index is 0.746. The third-order valence-electron chi connectivity index (χ3n) is 2.47. The molecule has 0 atom stereocenters. The molecule has 0 aliphatic heterocycles. The number of aromatic nitrogens is 3. The van der Waals surface area contributed by atoms with Crippen LogP contribution >= 0.6 is 11.6 Å². The van der Waals surface area contributed by atoms with Crippen LogP contribution < -0.4 is 4.68 Å². The quantitative estimate of drug-likeness (QED) is 0.677. The molecule has 0 aliphatic rings. The number of hydrogen-bond acceptors (Lipinski definition) is 1. The van der Waals surface area contributed by atoms with Crippen LogP contribution in [-0.2, 0) is 7.05 Å². The minimum absolute atomic E-state index is 0.746. The molecule has 1 aromatic heterocycles. The van der Waals surface area contributed by atoms with Crippen LogP contribution in [0.5, 0.6) is 0 Å². The fourth-order valence-electron chi connectivity index (χ4n) is 1.66. The van der Waals surface area contributed by atoms with E-state index in [-0.39, 0.29) is 0 Å². The maximum absolute atomic E-state index is 5.85. The van der Waals surface area contributed by atoms with Crippen molar-refractivity contribution < 1.29 is 4.68 Å². The summed E-state index contributed by atoms with van der Waals surface area (Å²) in [7, 11) is 1.99. The van der Waals surface area contributed by atoms with Crippen molar-refractivity contribution in [1.82, 2.24) is 9.67 Å². The van der Waals surface area contributed by atoms with Gasteiger partial charge in [0.15, 0.2) is 0 Å². The van der Waals surface area contributed by atoms with Crippen LogP contribution in [0.3, 0.4) is 0 Å². The molecular weight excluding hydrogens is 210 g/mol. The van der Waals surface area contributed by atoms with E-state index in [1.807, 2.05) is 54.5 Å². The molecule has 2 aromatic rings. The zero-order valence-electron chi connectivity index (χ0n) is 9.03. The van der Waals surface area contributed by atoms with Crippen molar-refractivity contribution in [2.75, 3.05) is 0 Å². The van der Waals surface area contributed by atoms with E-state index >= 15 is 0 Å². The highest BCUT2D eigenvalue weighted by atomic mass is 35.5. The van der Waals surface area contributed by atoms with Gasteiger partial charge in [-0.25, -0.2) is 0 Å². The molecule has 1 aromatic carbocycles. The molecule has 0 amide bonds. The summed E-state index contributed by atoms with van der Waals surface area (Å²) in [5, 5.41) is 0.746. The third-order valence-corrected chi connectivity index (χ3v) is 2.72. The van der Waals surface area contributed by atoms with Crippen LogP contribution in [0.2, 0.25) is 5.02 Å². The summed E-state index contributed by atoms with van der Waals surface area (Å²) in [5.74, 6) is 1.96. The molecule has 3 nitrogen and oxygen atoms in total. The normalized spacial score (nSPS) is 10.7. The molecule has 2 rings (SSSR count). The highest BCUT2D eigenvalue weighted by Crippen LogP contribution is 2.13. The van der Waals surface area contributed by atoms with Gasteiger partial charge in [0.1, 0.15) is 7.05 Å². The van der Waals surface area contributed by atoms with Gasteiger partial charge < -0.3 is 0 Å². The van der Waals surface area contributed by atoms with Gasteiger partial charge in [-0.3, -0.25) is 0 Å². The number of halogens is 1. The molecule has 0 saturated carbocycles. The molecule has 0 aliphatic carbocycles. The molecule has 0 saturated heterocycles. The van der Waals surface area contributed by atoms with Gasteiger partial charge >= 0.3 is 5.82 Å². The second-order valence-corrected chi connectivity index (χ2v) is 3.95. The second-order valence-electron chi connectivity index (χ2n) is 3.52. The highest BCUT2D eigenvalue weighted by molar-refractivity contribution is 6.30. The molecule has 0 bridgehead atoms. The zero-order chi connectivity index (χ0) is 11.0. The van der Waals surface area contributed by atoms with Crippen LogP contribution in [0.25, 0.3) is 5.69 Å². The Kier molecular flexibility index (Phi) is 2.49. The summed E-state index contributed by atoms with van der Waals surface area (Å²) < 4.78 is 4.06. The SMILES string of the molecule is Cc1nc(C)[n+](C)n1-c1ccc(Cl)cc1. The summed E-state index contributed by atoms with van der Waals surface area (Å²) in [5.41, 5.74) is 1.07. The summed E-state index contributed by atoms with van der Waals surface area (Å²) in [6.45, 7) is 3.97. The maximum Gasteiger partial charge on any atom is 0.316 e. The number of hydrogen-bond donors (Lipinski definition) is 0. The Labute approximate surface area is 93.9 Å². The predicted molar refractivity (Wildman–Crippen MR) is 59.2 cm³/mol. The zero-order valence-corrected chi connectivity index (χ0v) is 9.78. The molecular formula is C11H13ClN3+. The Bertz CT molecular complexity index is 485. The number of nitrogens with zero attached hydrogens (tertiary/aromatic N) is 3. The molecule has 4 heteroatoms. The molecule has 78 valence electrons. The van der Waals surface area contributed by atoms with E-state index in [0.29, 0.717) is 0 Å². The Balaban J connectivity index is 2.58. The molecule has 0 fully saturated rings. The number of aryl methyl sites for hydroxylation is 2. The minimum Gasteiger partial charge on any atom is -0.152 e. The largest absolute Gasteiger partial charge is 0.316 e. The van der Waals surface area contributed by atoms with Gasteiger partial charge in [-0.1, -0.05) is 11.6 Å². The predicted octanol–water partition coefficient (Wildman–Crippen LogP) is 1.97. The molecule has 0 N–H and O–H groups in total. The first-order valence-corrected chi connectivity index (χ1v) is 5.15. The summed E-state index contributed by atoms with van der Waals surface area (Å²) in [6, 6.07) is 7.73. The van der Waals surface area contributed by atoms with Gasteiger partial charge in [0.2, 0.25) is 0 Å². The molecule has 1 heterocycles. The van der Waals surface area contributed by atoms with Crippen molar-refractivity contribution in [2.24, 2.45) is 7.05 Å². The van der Waals surface area contributed by atoms with Gasteiger partial charge in [-0.2, -0.15) is 4.68 Å². The Hall–Kier alpha value is -1.35. The van der Waals surface area contributed by atoms with Crippen molar-refractivity contribution in [3.8, 4) is 5.69 Å². The first-order valence-electron chi connectivity index (χ1n) is 4.78. The topological polar surface area (TPSA) is 21.7 Å². The van der Waals surface area contributed by atoms with Crippen LogP contribution in [0.4, 0.5) is 0 Å².